The molecule has 0 aliphatic rings. The van der Waals surface area contributed by atoms with Crippen LogP contribution in [0.4, 0.5) is 5.69 Å². The molecule has 1 aromatic rings. The molecule has 0 aliphatic heterocycles. The third-order valence-corrected chi connectivity index (χ3v) is 5.35. The Morgan fingerprint density at radius 2 is 1.74 bits per heavy atom. The number of nitrogens with zero attached hydrogens (tertiary/aromatic N) is 2. The molecule has 218 valence electrons. The number of hydrogen-bond donors (Lipinski definition) is 4. The number of nitrogens with one attached hydrogen (secondary N) is 2. The molecule has 0 saturated heterocycles. The lowest BCUT2D eigenvalue weighted by Crippen LogP contribution is -2.54. The molecule has 0 heterocycles. The highest BCUT2D eigenvalue weighted by molar-refractivity contribution is 5.93. The zero-order chi connectivity index (χ0) is 30.1. The molecule has 14 nitrogen and oxygen atoms in total. The lowest BCUT2D eigenvalue weighted by molar-refractivity contribution is -0.384. The van der Waals surface area contributed by atoms with E-state index in [0.29, 0.717) is 12.7 Å². The Balaban J connectivity index is 0.00000263. The Kier molecular flexibility index (Phi) is 16.3. The number of nitrogens with two attached hydrogens (primary N) is 2. The van der Waals surface area contributed by atoms with Gasteiger partial charge in [0.05, 0.1) is 36.5 Å². The van der Waals surface area contributed by atoms with Crippen molar-refractivity contribution < 1.29 is 33.6 Å². The summed E-state index contributed by atoms with van der Waals surface area (Å²) in [4.78, 5) is 70.8. The molecule has 39 heavy (non-hydrogen) atoms. The minimum Gasteiger partial charge on any atom is -0.488 e. The lowest BCUT2D eigenvalue weighted by atomic mass is 10.1. The largest absolute Gasteiger partial charge is 0.488 e. The number of amides is 4. The van der Waals surface area contributed by atoms with Crippen molar-refractivity contribution >= 4 is 35.6 Å². The number of benzene rings is 1. The van der Waals surface area contributed by atoms with Gasteiger partial charge >= 0.3 is 0 Å². The summed E-state index contributed by atoms with van der Waals surface area (Å²) in [5, 5.41) is 15.9. The number of nitro groups is 1. The molecule has 2 unspecified atom stereocenters. The quantitative estimate of drug-likeness (QED) is 0.127. The maximum atomic E-state index is 13.1. The zero-order valence-electron chi connectivity index (χ0n) is 23.1. The molecular formula is C25H40N6O8. The summed E-state index contributed by atoms with van der Waals surface area (Å²) in [6.45, 7) is 7.47. The van der Waals surface area contributed by atoms with E-state index in [1.54, 1.807) is 6.92 Å². The molecule has 4 amide bonds. The van der Waals surface area contributed by atoms with Crippen molar-refractivity contribution in [3.8, 4) is 5.75 Å². The average molecular weight is 553 g/mol. The van der Waals surface area contributed by atoms with Crippen molar-refractivity contribution in [2.75, 3.05) is 26.7 Å². The number of ether oxygens (including phenoxy) is 1. The van der Waals surface area contributed by atoms with Gasteiger partial charge < -0.3 is 31.7 Å². The van der Waals surface area contributed by atoms with Crippen molar-refractivity contribution in [2.24, 2.45) is 17.4 Å². The summed E-state index contributed by atoms with van der Waals surface area (Å²) in [6.07, 6.45) is 0.705. The smallest absolute Gasteiger partial charge is 0.270 e. The van der Waals surface area contributed by atoms with Gasteiger partial charge in [0.1, 0.15) is 17.9 Å². The first-order valence-electron chi connectivity index (χ1n) is 12.5. The molecule has 0 aliphatic carbocycles. The van der Waals surface area contributed by atoms with Gasteiger partial charge in [-0.3, -0.25) is 34.1 Å². The van der Waals surface area contributed by atoms with Crippen LogP contribution in [-0.4, -0.2) is 78.6 Å². The maximum Gasteiger partial charge on any atom is 0.270 e. The topological polar surface area (TPSA) is 217 Å². The summed E-state index contributed by atoms with van der Waals surface area (Å²) in [6, 6.07) is 2.10. The van der Waals surface area contributed by atoms with Crippen LogP contribution in [0.15, 0.2) is 18.2 Å². The van der Waals surface area contributed by atoms with E-state index >= 15 is 0 Å². The predicted molar refractivity (Wildman–Crippen MR) is 144 cm³/mol. The van der Waals surface area contributed by atoms with Crippen LogP contribution in [0.5, 0.6) is 5.75 Å². The second-order valence-corrected chi connectivity index (χ2v) is 9.05. The Labute approximate surface area is 227 Å². The van der Waals surface area contributed by atoms with E-state index in [-0.39, 0.29) is 30.1 Å². The van der Waals surface area contributed by atoms with Crippen molar-refractivity contribution in [3.63, 3.8) is 0 Å². The van der Waals surface area contributed by atoms with E-state index in [0.717, 1.165) is 23.0 Å². The molecule has 1 rings (SSSR count). The first kappa shape index (κ1) is 34.9. The Morgan fingerprint density at radius 3 is 2.18 bits per heavy atom. The van der Waals surface area contributed by atoms with Gasteiger partial charge in [-0.2, -0.15) is 0 Å². The SMILES string of the molecule is CCC(C)C.CCC(CN(CC(N)=O)C(=O)C(CC(N)=O)NC(=O)CNC)Oc1ccc([N+](=O)[O-])cc1C=O. The zero-order valence-corrected chi connectivity index (χ0v) is 23.1. The Morgan fingerprint density at radius 1 is 1.13 bits per heavy atom. The van der Waals surface area contributed by atoms with Crippen LogP contribution < -0.4 is 26.8 Å². The minimum atomic E-state index is -1.35. The van der Waals surface area contributed by atoms with Gasteiger partial charge in [0, 0.05) is 12.1 Å². The van der Waals surface area contributed by atoms with Gasteiger partial charge in [-0.15, -0.1) is 0 Å². The van der Waals surface area contributed by atoms with Crippen molar-refractivity contribution in [1.82, 2.24) is 15.5 Å². The van der Waals surface area contributed by atoms with Crippen LogP contribution in [0.3, 0.4) is 0 Å². The fourth-order valence-electron chi connectivity index (χ4n) is 2.97. The number of rotatable bonds is 16. The van der Waals surface area contributed by atoms with E-state index in [1.165, 1.54) is 19.5 Å². The highest BCUT2D eigenvalue weighted by Gasteiger charge is 2.30. The molecule has 6 N–H and O–H groups in total. The van der Waals surface area contributed by atoms with Gasteiger partial charge in [-0.1, -0.05) is 34.1 Å². The number of nitro benzene ring substituents is 1. The number of non-ortho nitro benzene ring substituents is 1. The molecule has 0 bridgehead atoms. The number of carbonyl (C=O) groups is 5. The lowest BCUT2D eigenvalue weighted by Gasteiger charge is -2.30. The minimum absolute atomic E-state index is 0.0370. The van der Waals surface area contributed by atoms with E-state index in [4.69, 9.17) is 16.2 Å². The van der Waals surface area contributed by atoms with E-state index in [1.807, 2.05) is 0 Å². The second-order valence-electron chi connectivity index (χ2n) is 9.05. The molecule has 0 fully saturated rings. The van der Waals surface area contributed by atoms with Crippen molar-refractivity contribution in [3.05, 3.63) is 33.9 Å². The van der Waals surface area contributed by atoms with E-state index < -0.39 is 53.7 Å². The highest BCUT2D eigenvalue weighted by atomic mass is 16.6. The molecule has 0 aromatic heterocycles. The summed E-state index contributed by atoms with van der Waals surface area (Å²) in [5.74, 6) is -2.15. The van der Waals surface area contributed by atoms with Crippen molar-refractivity contribution in [1.29, 1.82) is 0 Å². The fourth-order valence-corrected chi connectivity index (χ4v) is 2.97. The van der Waals surface area contributed by atoms with Gasteiger partial charge in [-0.05, 0) is 25.5 Å². The average Bonchev–Trinajstić information content (AvgIpc) is 2.86. The maximum absolute atomic E-state index is 13.1. The molecule has 14 heteroatoms. The number of carbonyl (C=O) groups excluding carboxylic acids is 5. The molecule has 1 aromatic carbocycles. The Bertz CT molecular complexity index is 1000. The van der Waals surface area contributed by atoms with Crippen LogP contribution in [0, 0.1) is 16.0 Å². The van der Waals surface area contributed by atoms with Gasteiger partial charge in [0.15, 0.2) is 6.29 Å². The Hall–Kier alpha value is -4.07. The summed E-state index contributed by atoms with van der Waals surface area (Å²) >= 11 is 0. The summed E-state index contributed by atoms with van der Waals surface area (Å²) in [5.41, 5.74) is 10.1. The molecular weight excluding hydrogens is 512 g/mol. The highest BCUT2D eigenvalue weighted by Crippen LogP contribution is 2.24. The second kappa shape index (κ2) is 18.2. The number of likely N-dealkylation sites (N-methyl/N-ethyl adjacent to an activating group) is 1. The number of primary amides is 2. The summed E-state index contributed by atoms with van der Waals surface area (Å²) < 4.78 is 5.77. The fraction of sp³-hybridized carbons (Fsp3) is 0.560. The van der Waals surface area contributed by atoms with Crippen LogP contribution in [-0.2, 0) is 19.2 Å². The first-order chi connectivity index (χ1) is 18.3. The molecule has 2 atom stereocenters. The normalized spacial score (nSPS) is 11.8. The van der Waals surface area contributed by atoms with Crippen LogP contribution >= 0.6 is 0 Å². The monoisotopic (exact) mass is 552 g/mol. The molecule has 0 spiro atoms. The molecule has 0 saturated carbocycles. The van der Waals surface area contributed by atoms with Gasteiger partial charge in [-0.25, -0.2) is 0 Å². The standard InChI is InChI=1S/C20H28N6O8.C5H12/c1-3-14(34-16-5-4-13(26(32)33)6-12(16)11-27)9-25(10-18(22)29)20(31)15(7-17(21)28)24-19(30)8-23-2;1-4-5(2)3/h4-6,11,14-15,23H,3,7-10H2,1-2H3,(H2,21,28)(H2,22,29)(H,24,30);5H,4H2,1-3H3. The first-order valence-corrected chi connectivity index (χ1v) is 12.5. The van der Waals surface area contributed by atoms with E-state index in [2.05, 4.69) is 31.4 Å². The number of hydrogen-bond acceptors (Lipinski definition) is 9. The predicted octanol–water partition coefficient (Wildman–Crippen LogP) is 0.511. The van der Waals surface area contributed by atoms with Crippen LogP contribution in [0.25, 0.3) is 0 Å². The third kappa shape index (κ3) is 13.9. The number of aldehydes is 1. The summed E-state index contributed by atoms with van der Waals surface area (Å²) in [7, 11) is 1.51. The third-order valence-electron chi connectivity index (χ3n) is 5.35. The van der Waals surface area contributed by atoms with E-state index in [9.17, 15) is 34.1 Å². The van der Waals surface area contributed by atoms with Crippen LogP contribution in [0.2, 0.25) is 0 Å². The molecule has 0 radical (unpaired) electrons. The van der Waals surface area contributed by atoms with Gasteiger partial charge in [0.25, 0.3) is 5.69 Å². The van der Waals surface area contributed by atoms with Gasteiger partial charge in [0.2, 0.25) is 23.6 Å². The van der Waals surface area contributed by atoms with Crippen molar-refractivity contribution in [2.45, 2.75) is 59.1 Å². The van der Waals surface area contributed by atoms with Crippen LogP contribution in [0.1, 0.15) is 57.3 Å².